The molecule has 0 unspecified atom stereocenters. The Balaban J connectivity index is 1.66. The molecule has 3 aromatic rings. The normalized spacial score (nSPS) is 10.8. The van der Waals surface area contributed by atoms with Crippen molar-refractivity contribution in [2.75, 3.05) is 12.5 Å². The molecular formula is C21H22N4O2. The van der Waals surface area contributed by atoms with Crippen LogP contribution in [0.3, 0.4) is 0 Å². The Kier molecular flexibility index (Phi) is 5.99. The van der Waals surface area contributed by atoms with E-state index < -0.39 is 0 Å². The molecule has 0 radical (unpaired) electrons. The first-order valence-electron chi connectivity index (χ1n) is 8.60. The number of nitrogens with one attached hydrogen (secondary N) is 1. The van der Waals surface area contributed by atoms with E-state index >= 15 is 0 Å². The fraction of sp³-hybridized carbons (Fsp3) is 0.190. The highest BCUT2D eigenvalue weighted by Crippen LogP contribution is 2.28. The number of benzene rings is 2. The maximum Gasteiger partial charge on any atom is 0.243 e. The van der Waals surface area contributed by atoms with Crippen LogP contribution in [0.4, 0.5) is 5.95 Å². The molecule has 1 aromatic heterocycles. The fourth-order valence-electron chi connectivity index (χ4n) is 2.56. The minimum absolute atomic E-state index is 0.471. The summed E-state index contributed by atoms with van der Waals surface area (Å²) in [6.45, 7) is 4.32. The molecular weight excluding hydrogens is 340 g/mol. The van der Waals surface area contributed by atoms with Gasteiger partial charge in [-0.15, -0.1) is 0 Å². The first-order chi connectivity index (χ1) is 13.1. The van der Waals surface area contributed by atoms with E-state index in [1.807, 2.05) is 68.4 Å². The second-order valence-corrected chi connectivity index (χ2v) is 6.03. The lowest BCUT2D eigenvalue weighted by molar-refractivity contribution is 0.284. The van der Waals surface area contributed by atoms with Crippen LogP contribution in [0.15, 0.2) is 59.7 Å². The Morgan fingerprint density at radius 1 is 0.963 bits per heavy atom. The molecule has 0 amide bonds. The van der Waals surface area contributed by atoms with Crippen LogP contribution in [-0.2, 0) is 6.61 Å². The van der Waals surface area contributed by atoms with E-state index in [4.69, 9.17) is 9.47 Å². The van der Waals surface area contributed by atoms with E-state index in [-0.39, 0.29) is 0 Å². The van der Waals surface area contributed by atoms with Gasteiger partial charge in [0, 0.05) is 11.4 Å². The van der Waals surface area contributed by atoms with Gasteiger partial charge < -0.3 is 9.47 Å². The lowest BCUT2D eigenvalue weighted by Gasteiger charge is -2.11. The Hall–Kier alpha value is -3.41. The number of nitrogens with zero attached hydrogens (tertiary/aromatic N) is 3. The van der Waals surface area contributed by atoms with Gasteiger partial charge >= 0.3 is 0 Å². The van der Waals surface area contributed by atoms with Crippen LogP contribution in [-0.4, -0.2) is 23.3 Å². The van der Waals surface area contributed by atoms with Crippen LogP contribution in [0.5, 0.6) is 11.5 Å². The van der Waals surface area contributed by atoms with Gasteiger partial charge in [0.15, 0.2) is 11.5 Å². The maximum atomic E-state index is 5.86. The summed E-state index contributed by atoms with van der Waals surface area (Å²) in [4.78, 5) is 8.57. The minimum Gasteiger partial charge on any atom is -0.493 e. The summed E-state index contributed by atoms with van der Waals surface area (Å²) < 4.78 is 11.3. The molecule has 1 heterocycles. The molecule has 0 bridgehead atoms. The number of hydrogen-bond donors (Lipinski definition) is 1. The summed E-state index contributed by atoms with van der Waals surface area (Å²) in [5.41, 5.74) is 6.60. The predicted molar refractivity (Wildman–Crippen MR) is 106 cm³/mol. The quantitative estimate of drug-likeness (QED) is 0.506. The number of aryl methyl sites for hydroxylation is 2. The molecule has 0 aliphatic rings. The molecule has 0 fully saturated rings. The van der Waals surface area contributed by atoms with Crippen LogP contribution < -0.4 is 14.9 Å². The highest BCUT2D eigenvalue weighted by Gasteiger charge is 2.06. The van der Waals surface area contributed by atoms with E-state index in [1.165, 1.54) is 0 Å². The summed E-state index contributed by atoms with van der Waals surface area (Å²) in [5.74, 6) is 1.81. The molecule has 0 aliphatic heterocycles. The van der Waals surface area contributed by atoms with Crippen molar-refractivity contribution in [3.63, 3.8) is 0 Å². The third-order valence-electron chi connectivity index (χ3n) is 3.79. The fourth-order valence-corrected chi connectivity index (χ4v) is 2.56. The third kappa shape index (κ3) is 5.28. The average molecular weight is 362 g/mol. The number of hydrazone groups is 1. The maximum absolute atomic E-state index is 5.86. The molecule has 0 saturated carbocycles. The minimum atomic E-state index is 0.471. The predicted octanol–water partition coefficient (Wildman–Crippen LogP) is 4.13. The topological polar surface area (TPSA) is 68.6 Å². The Morgan fingerprint density at radius 3 is 2.41 bits per heavy atom. The largest absolute Gasteiger partial charge is 0.493 e. The number of rotatable bonds is 7. The summed E-state index contributed by atoms with van der Waals surface area (Å²) in [6, 6.07) is 17.6. The number of ether oxygens (including phenoxy) is 2. The average Bonchev–Trinajstić information content (AvgIpc) is 2.67. The monoisotopic (exact) mass is 362 g/mol. The highest BCUT2D eigenvalue weighted by atomic mass is 16.5. The van der Waals surface area contributed by atoms with Gasteiger partial charge in [0.1, 0.15) is 6.61 Å². The molecule has 2 aromatic carbocycles. The van der Waals surface area contributed by atoms with Gasteiger partial charge in [-0.05, 0) is 49.2 Å². The Bertz CT molecular complexity index is 906. The molecule has 3 rings (SSSR count). The van der Waals surface area contributed by atoms with E-state index in [9.17, 15) is 0 Å². The summed E-state index contributed by atoms with van der Waals surface area (Å²) in [7, 11) is 1.62. The molecule has 0 saturated heterocycles. The molecule has 27 heavy (non-hydrogen) atoms. The molecule has 0 atom stereocenters. The first-order valence-corrected chi connectivity index (χ1v) is 8.60. The lowest BCUT2D eigenvalue weighted by atomic mass is 10.2. The van der Waals surface area contributed by atoms with E-state index in [0.29, 0.717) is 24.1 Å². The standard InChI is InChI=1S/C21H22N4O2/c1-15-11-16(2)24-21(23-15)25-22-13-18-9-10-19(20(12-18)26-3)27-14-17-7-5-4-6-8-17/h4-13H,14H2,1-3H3,(H,23,24,25)/b22-13-. The van der Waals surface area contributed by atoms with Crippen molar-refractivity contribution in [2.45, 2.75) is 20.5 Å². The van der Waals surface area contributed by atoms with Gasteiger partial charge in [0.25, 0.3) is 0 Å². The number of methoxy groups -OCH3 is 1. The molecule has 0 aliphatic carbocycles. The third-order valence-corrected chi connectivity index (χ3v) is 3.79. The van der Waals surface area contributed by atoms with Crippen molar-refractivity contribution in [1.82, 2.24) is 9.97 Å². The van der Waals surface area contributed by atoms with Crippen molar-refractivity contribution >= 4 is 12.2 Å². The van der Waals surface area contributed by atoms with E-state index in [2.05, 4.69) is 20.5 Å². The second kappa shape index (κ2) is 8.80. The summed E-state index contributed by atoms with van der Waals surface area (Å²) >= 11 is 0. The first kappa shape index (κ1) is 18.4. The van der Waals surface area contributed by atoms with E-state index in [1.54, 1.807) is 13.3 Å². The van der Waals surface area contributed by atoms with Gasteiger partial charge in [-0.25, -0.2) is 15.4 Å². The lowest BCUT2D eigenvalue weighted by Crippen LogP contribution is -2.00. The van der Waals surface area contributed by atoms with Crippen LogP contribution >= 0.6 is 0 Å². The molecule has 0 spiro atoms. The summed E-state index contributed by atoms with van der Waals surface area (Å²) in [5, 5.41) is 4.20. The van der Waals surface area contributed by atoms with Crippen molar-refractivity contribution in [1.29, 1.82) is 0 Å². The Morgan fingerprint density at radius 2 is 1.70 bits per heavy atom. The van der Waals surface area contributed by atoms with Gasteiger partial charge in [-0.3, -0.25) is 0 Å². The van der Waals surface area contributed by atoms with Gasteiger partial charge in [-0.2, -0.15) is 5.10 Å². The van der Waals surface area contributed by atoms with Crippen molar-refractivity contribution in [3.8, 4) is 11.5 Å². The molecule has 6 heteroatoms. The zero-order chi connectivity index (χ0) is 19.1. The molecule has 6 nitrogen and oxygen atoms in total. The van der Waals surface area contributed by atoms with Crippen LogP contribution in [0.25, 0.3) is 0 Å². The summed E-state index contributed by atoms with van der Waals surface area (Å²) in [6.07, 6.45) is 1.69. The Labute approximate surface area is 158 Å². The number of hydrogen-bond acceptors (Lipinski definition) is 6. The smallest absolute Gasteiger partial charge is 0.243 e. The van der Waals surface area contributed by atoms with Crippen LogP contribution in [0.2, 0.25) is 0 Å². The van der Waals surface area contributed by atoms with Crippen molar-refractivity contribution in [2.24, 2.45) is 5.10 Å². The highest BCUT2D eigenvalue weighted by molar-refractivity contribution is 5.81. The van der Waals surface area contributed by atoms with Gasteiger partial charge in [0.05, 0.1) is 13.3 Å². The van der Waals surface area contributed by atoms with Gasteiger partial charge in [0.2, 0.25) is 5.95 Å². The number of anilines is 1. The number of aromatic nitrogens is 2. The zero-order valence-electron chi connectivity index (χ0n) is 15.6. The second-order valence-electron chi connectivity index (χ2n) is 6.03. The van der Waals surface area contributed by atoms with Crippen molar-refractivity contribution < 1.29 is 9.47 Å². The van der Waals surface area contributed by atoms with Crippen molar-refractivity contribution in [3.05, 3.63) is 77.1 Å². The SMILES string of the molecule is COc1cc(/C=N\Nc2nc(C)cc(C)n2)ccc1OCc1ccccc1. The zero-order valence-corrected chi connectivity index (χ0v) is 15.6. The van der Waals surface area contributed by atoms with Crippen LogP contribution in [0.1, 0.15) is 22.5 Å². The van der Waals surface area contributed by atoms with Gasteiger partial charge in [-0.1, -0.05) is 30.3 Å². The molecule has 1 N–H and O–H groups in total. The van der Waals surface area contributed by atoms with Crippen LogP contribution in [0, 0.1) is 13.8 Å². The van der Waals surface area contributed by atoms with E-state index in [0.717, 1.165) is 22.5 Å². The molecule has 138 valence electrons.